The molecule has 4 aliphatic rings. The van der Waals surface area contributed by atoms with Crippen LogP contribution in [0, 0.1) is 17.3 Å². The molecule has 1 aromatic carbocycles. The quantitative estimate of drug-likeness (QED) is 0.456. The summed E-state index contributed by atoms with van der Waals surface area (Å²) in [6, 6.07) is 6.70. The van der Waals surface area contributed by atoms with Crippen LogP contribution in [0.15, 0.2) is 30.9 Å². The summed E-state index contributed by atoms with van der Waals surface area (Å²) in [5.41, 5.74) is 4.55. The van der Waals surface area contributed by atoms with Crippen LogP contribution >= 0.6 is 0 Å². The normalized spacial score (nSPS) is 36.1. The Kier molecular flexibility index (Phi) is 5.87. The summed E-state index contributed by atoms with van der Waals surface area (Å²) in [7, 11) is 1.73. The van der Waals surface area contributed by atoms with E-state index in [4.69, 9.17) is 9.47 Å². The first-order chi connectivity index (χ1) is 18.5. The van der Waals surface area contributed by atoms with Gasteiger partial charge in [0.2, 0.25) is 0 Å². The SMILES string of the molecule is COc1ccc2c(c1)C(Nc1ncnc3c1ncn3[C@H]1C[C@H](O)[C@@H](CO)O1)C[C@@H]1[C@@H]2CC[C@]2(C)CCC[C@@H]12. The Morgan fingerprint density at radius 1 is 1.16 bits per heavy atom. The van der Waals surface area contributed by atoms with Gasteiger partial charge in [-0.2, -0.15) is 0 Å². The van der Waals surface area contributed by atoms with Crippen molar-refractivity contribution in [2.24, 2.45) is 17.3 Å². The van der Waals surface area contributed by atoms with E-state index in [0.29, 0.717) is 40.7 Å². The molecular weight excluding hydrogens is 482 g/mol. The summed E-state index contributed by atoms with van der Waals surface area (Å²) in [5, 5.41) is 23.5. The van der Waals surface area contributed by atoms with Gasteiger partial charge >= 0.3 is 0 Å². The molecule has 7 rings (SSSR count). The number of aliphatic hydroxyl groups excluding tert-OH is 2. The van der Waals surface area contributed by atoms with Gasteiger partial charge in [-0.15, -0.1) is 0 Å². The third-order valence-electron chi connectivity index (χ3n) is 10.2. The Bertz CT molecular complexity index is 1350. The number of ether oxygens (including phenoxy) is 2. The molecule has 9 heteroatoms. The van der Waals surface area contributed by atoms with Crippen LogP contribution in [0.2, 0.25) is 0 Å². The number of aliphatic hydroxyl groups is 2. The number of hydrogen-bond donors (Lipinski definition) is 3. The van der Waals surface area contributed by atoms with Crippen molar-refractivity contribution in [3.8, 4) is 5.75 Å². The van der Waals surface area contributed by atoms with Gasteiger partial charge in [0.25, 0.3) is 0 Å². The minimum atomic E-state index is -0.722. The van der Waals surface area contributed by atoms with E-state index >= 15 is 0 Å². The van der Waals surface area contributed by atoms with Crippen LogP contribution in [0.1, 0.15) is 81.2 Å². The molecule has 3 N–H and O–H groups in total. The first-order valence-corrected chi connectivity index (χ1v) is 14.1. The average Bonchev–Trinajstić information content (AvgIpc) is 3.64. The van der Waals surface area contributed by atoms with Crippen LogP contribution in [0.25, 0.3) is 11.2 Å². The molecule has 0 spiro atoms. The molecule has 2 saturated carbocycles. The maximum Gasteiger partial charge on any atom is 0.167 e. The second-order valence-electron chi connectivity index (χ2n) is 12.1. The monoisotopic (exact) mass is 519 g/mol. The number of nitrogens with zero attached hydrogens (tertiary/aromatic N) is 4. The van der Waals surface area contributed by atoms with E-state index in [0.717, 1.165) is 18.1 Å². The number of nitrogens with one attached hydrogen (secondary N) is 1. The van der Waals surface area contributed by atoms with Gasteiger partial charge in [0, 0.05) is 6.42 Å². The van der Waals surface area contributed by atoms with Gasteiger partial charge in [-0.25, -0.2) is 15.0 Å². The smallest absolute Gasteiger partial charge is 0.167 e. The molecule has 1 aliphatic heterocycles. The van der Waals surface area contributed by atoms with Gasteiger partial charge in [0.05, 0.1) is 32.2 Å². The van der Waals surface area contributed by atoms with Gasteiger partial charge < -0.3 is 25.0 Å². The minimum Gasteiger partial charge on any atom is -0.497 e. The van der Waals surface area contributed by atoms with Crippen molar-refractivity contribution < 1.29 is 19.7 Å². The highest BCUT2D eigenvalue weighted by Gasteiger charge is 2.51. The molecule has 3 fully saturated rings. The Morgan fingerprint density at radius 3 is 2.87 bits per heavy atom. The standard InChI is InChI=1S/C29H37N5O4/c1-29-8-3-4-21(29)19-11-22(20-10-16(37-2)5-6-17(20)18(19)7-9-29)33-27-26-28(31-14-30-27)34(15-32-26)25-12-23(36)24(13-35)38-25/h5-6,10,14-15,18-19,21-25,35-36H,3-4,7-9,11-13H2,1-2H3,(H,30,31,33)/t18-,19-,21+,22?,23+,24-,25-,29+/m1/s1. The fraction of sp³-hybridized carbons (Fsp3) is 0.621. The molecule has 9 nitrogen and oxygen atoms in total. The molecule has 1 saturated heterocycles. The number of benzene rings is 1. The molecule has 2 aromatic heterocycles. The lowest BCUT2D eigenvalue weighted by Crippen LogP contribution is -2.41. The Labute approximate surface area is 222 Å². The van der Waals surface area contributed by atoms with Crippen LogP contribution in [-0.4, -0.2) is 55.7 Å². The van der Waals surface area contributed by atoms with Crippen molar-refractivity contribution in [1.29, 1.82) is 0 Å². The number of anilines is 1. The van der Waals surface area contributed by atoms with Crippen LogP contribution in [0.5, 0.6) is 5.75 Å². The zero-order valence-corrected chi connectivity index (χ0v) is 22.1. The van der Waals surface area contributed by atoms with Crippen molar-refractivity contribution in [1.82, 2.24) is 19.5 Å². The summed E-state index contributed by atoms with van der Waals surface area (Å²) in [6.45, 7) is 2.30. The van der Waals surface area contributed by atoms with E-state index in [-0.39, 0.29) is 12.6 Å². The third-order valence-corrected chi connectivity index (χ3v) is 10.2. The number of aromatic nitrogens is 4. The summed E-state index contributed by atoms with van der Waals surface area (Å²) in [5.74, 6) is 3.58. The largest absolute Gasteiger partial charge is 0.497 e. The van der Waals surface area contributed by atoms with E-state index in [2.05, 4.69) is 45.4 Å². The molecule has 0 bridgehead atoms. The van der Waals surface area contributed by atoms with Crippen molar-refractivity contribution in [3.63, 3.8) is 0 Å². The summed E-state index contributed by atoms with van der Waals surface area (Å²) >= 11 is 0. The molecule has 38 heavy (non-hydrogen) atoms. The second kappa shape index (κ2) is 9.17. The van der Waals surface area contributed by atoms with Crippen molar-refractivity contribution in [3.05, 3.63) is 42.0 Å². The van der Waals surface area contributed by atoms with E-state index in [9.17, 15) is 10.2 Å². The zero-order valence-electron chi connectivity index (χ0n) is 22.1. The Morgan fingerprint density at radius 2 is 2.05 bits per heavy atom. The van der Waals surface area contributed by atoms with E-state index in [1.54, 1.807) is 19.8 Å². The first-order valence-electron chi connectivity index (χ1n) is 14.1. The molecule has 202 valence electrons. The Hall–Kier alpha value is -2.75. The highest BCUT2D eigenvalue weighted by molar-refractivity contribution is 5.83. The molecule has 0 amide bonds. The maximum atomic E-state index is 10.2. The highest BCUT2D eigenvalue weighted by atomic mass is 16.5. The van der Waals surface area contributed by atoms with Crippen molar-refractivity contribution in [2.75, 3.05) is 19.0 Å². The highest BCUT2D eigenvalue weighted by Crippen LogP contribution is 2.62. The lowest BCUT2D eigenvalue weighted by Gasteiger charge is -2.51. The molecule has 3 heterocycles. The predicted octanol–water partition coefficient (Wildman–Crippen LogP) is 4.33. The van der Waals surface area contributed by atoms with Gasteiger partial charge in [-0.05, 0) is 78.5 Å². The van der Waals surface area contributed by atoms with Crippen LogP contribution in [0.4, 0.5) is 5.82 Å². The molecule has 3 aliphatic carbocycles. The lowest BCUT2D eigenvalue weighted by atomic mass is 9.55. The fourth-order valence-corrected chi connectivity index (χ4v) is 8.23. The average molecular weight is 520 g/mol. The van der Waals surface area contributed by atoms with Crippen LogP contribution in [-0.2, 0) is 4.74 Å². The topological polar surface area (TPSA) is 115 Å². The fourth-order valence-electron chi connectivity index (χ4n) is 8.23. The summed E-state index contributed by atoms with van der Waals surface area (Å²) in [6.07, 6.45) is 9.55. The lowest BCUT2D eigenvalue weighted by molar-refractivity contribution is -0.0432. The van der Waals surface area contributed by atoms with Crippen LogP contribution < -0.4 is 10.1 Å². The summed E-state index contributed by atoms with van der Waals surface area (Å²) in [4.78, 5) is 13.8. The number of methoxy groups -OCH3 is 1. The second-order valence-corrected chi connectivity index (χ2v) is 12.1. The molecule has 0 radical (unpaired) electrons. The summed E-state index contributed by atoms with van der Waals surface area (Å²) < 4.78 is 13.3. The predicted molar refractivity (Wildman–Crippen MR) is 142 cm³/mol. The Balaban J connectivity index is 1.24. The number of rotatable bonds is 5. The van der Waals surface area contributed by atoms with E-state index < -0.39 is 18.4 Å². The number of fused-ring (bicyclic) bond motifs is 6. The van der Waals surface area contributed by atoms with E-state index in [1.165, 1.54) is 43.2 Å². The molecule has 8 atom stereocenters. The van der Waals surface area contributed by atoms with E-state index in [1.807, 2.05) is 4.57 Å². The molecular formula is C29H37N5O4. The minimum absolute atomic E-state index is 0.0934. The van der Waals surface area contributed by atoms with Crippen molar-refractivity contribution in [2.45, 2.75) is 82.3 Å². The van der Waals surface area contributed by atoms with Gasteiger partial charge in [0.1, 0.15) is 24.4 Å². The van der Waals surface area contributed by atoms with Gasteiger partial charge in [-0.1, -0.05) is 19.4 Å². The zero-order chi connectivity index (χ0) is 26.0. The number of imidazole rings is 1. The van der Waals surface area contributed by atoms with Gasteiger partial charge in [-0.3, -0.25) is 4.57 Å². The van der Waals surface area contributed by atoms with Crippen LogP contribution in [0.3, 0.4) is 0 Å². The first kappa shape index (κ1) is 24.3. The molecule has 1 unspecified atom stereocenters. The number of hydrogen-bond acceptors (Lipinski definition) is 8. The third kappa shape index (κ3) is 3.73. The molecule has 3 aromatic rings. The van der Waals surface area contributed by atoms with Crippen molar-refractivity contribution >= 4 is 17.0 Å². The maximum absolute atomic E-state index is 10.2. The van der Waals surface area contributed by atoms with Gasteiger partial charge in [0.15, 0.2) is 17.0 Å².